The van der Waals surface area contributed by atoms with Crippen LogP contribution in [-0.4, -0.2) is 58.1 Å². The molecule has 0 radical (unpaired) electrons. The average Bonchev–Trinajstić information content (AvgIpc) is 3.39. The predicted octanol–water partition coefficient (Wildman–Crippen LogP) is 3.68. The first-order valence-electron chi connectivity index (χ1n) is 12.0. The normalized spacial score (nSPS) is 15.9. The molecule has 184 valence electrons. The predicted molar refractivity (Wildman–Crippen MR) is 142 cm³/mol. The fourth-order valence-corrected chi connectivity index (χ4v) is 4.68. The molecule has 0 aliphatic carbocycles. The SMILES string of the molecule is Cc1cc(C2=CCN(C(=N)N)CC2)ccc1-c1nnc(-c2ccc(C3=CCN(C(=N)N)CC3)cc2)o1. The maximum Gasteiger partial charge on any atom is 0.248 e. The highest BCUT2D eigenvalue weighted by molar-refractivity contribution is 5.78. The van der Waals surface area contributed by atoms with Crippen LogP contribution in [0.5, 0.6) is 0 Å². The Morgan fingerprint density at radius 3 is 1.83 bits per heavy atom. The Morgan fingerprint density at radius 1 is 0.778 bits per heavy atom. The lowest BCUT2D eigenvalue weighted by molar-refractivity contribution is 0.451. The number of hydrogen-bond donors (Lipinski definition) is 4. The molecule has 2 aliphatic heterocycles. The third kappa shape index (κ3) is 4.72. The van der Waals surface area contributed by atoms with Gasteiger partial charge in [-0.1, -0.05) is 36.4 Å². The molecule has 0 saturated carbocycles. The highest BCUT2D eigenvalue weighted by atomic mass is 16.4. The molecule has 1 aromatic heterocycles. The van der Waals surface area contributed by atoms with Crippen molar-refractivity contribution >= 4 is 23.1 Å². The molecule has 6 N–H and O–H groups in total. The van der Waals surface area contributed by atoms with Gasteiger partial charge >= 0.3 is 0 Å². The van der Waals surface area contributed by atoms with E-state index in [1.807, 2.05) is 34.9 Å². The maximum absolute atomic E-state index is 7.59. The molecule has 0 bridgehead atoms. The molecule has 0 saturated heterocycles. The largest absolute Gasteiger partial charge is 0.416 e. The van der Waals surface area contributed by atoms with Crippen LogP contribution >= 0.6 is 0 Å². The number of nitrogens with zero attached hydrogens (tertiary/aromatic N) is 4. The molecule has 0 unspecified atom stereocenters. The van der Waals surface area contributed by atoms with Crippen molar-refractivity contribution in [2.75, 3.05) is 26.2 Å². The lowest BCUT2D eigenvalue weighted by atomic mass is 9.96. The van der Waals surface area contributed by atoms with E-state index in [2.05, 4.69) is 46.6 Å². The number of nitrogens with one attached hydrogen (secondary N) is 2. The van der Waals surface area contributed by atoms with Crippen LogP contribution in [0, 0.1) is 17.7 Å². The van der Waals surface area contributed by atoms with Crippen LogP contribution in [-0.2, 0) is 0 Å². The van der Waals surface area contributed by atoms with E-state index >= 15 is 0 Å². The quantitative estimate of drug-likeness (QED) is 0.328. The van der Waals surface area contributed by atoms with Gasteiger partial charge in [0, 0.05) is 37.3 Å². The fourth-order valence-electron chi connectivity index (χ4n) is 4.68. The number of rotatable bonds is 4. The summed E-state index contributed by atoms with van der Waals surface area (Å²) < 4.78 is 6.05. The second kappa shape index (κ2) is 9.69. The third-order valence-corrected chi connectivity index (χ3v) is 6.85. The fraction of sp³-hybridized carbons (Fsp3) is 0.259. The van der Waals surface area contributed by atoms with Crippen LogP contribution in [0.1, 0.15) is 29.5 Å². The number of aromatic nitrogens is 2. The minimum Gasteiger partial charge on any atom is -0.416 e. The summed E-state index contributed by atoms with van der Waals surface area (Å²) in [6, 6.07) is 14.4. The lowest BCUT2D eigenvalue weighted by Crippen LogP contribution is -2.39. The van der Waals surface area contributed by atoms with Crippen LogP contribution < -0.4 is 11.5 Å². The van der Waals surface area contributed by atoms with Crippen molar-refractivity contribution in [3.05, 3.63) is 71.3 Å². The first kappa shape index (κ1) is 23.3. The molecule has 2 aromatic carbocycles. The Bertz CT molecular complexity index is 1370. The van der Waals surface area contributed by atoms with Crippen molar-refractivity contribution in [1.29, 1.82) is 10.8 Å². The summed E-state index contributed by atoms with van der Waals surface area (Å²) in [6.45, 7) is 4.87. The molecule has 0 atom stereocenters. The van der Waals surface area contributed by atoms with Gasteiger partial charge in [-0.05, 0) is 65.8 Å². The molecule has 36 heavy (non-hydrogen) atoms. The van der Waals surface area contributed by atoms with E-state index in [1.165, 1.54) is 16.7 Å². The van der Waals surface area contributed by atoms with Crippen LogP contribution in [0.2, 0.25) is 0 Å². The van der Waals surface area contributed by atoms with Crippen LogP contribution in [0.25, 0.3) is 34.1 Å². The van der Waals surface area contributed by atoms with Crippen LogP contribution in [0.3, 0.4) is 0 Å². The van der Waals surface area contributed by atoms with Gasteiger partial charge in [0.15, 0.2) is 11.9 Å². The average molecular weight is 483 g/mol. The van der Waals surface area contributed by atoms with Crippen molar-refractivity contribution < 1.29 is 4.42 Å². The van der Waals surface area contributed by atoms with E-state index in [1.54, 1.807) is 0 Å². The van der Waals surface area contributed by atoms with Crippen molar-refractivity contribution in [1.82, 2.24) is 20.0 Å². The monoisotopic (exact) mass is 482 g/mol. The number of benzene rings is 2. The summed E-state index contributed by atoms with van der Waals surface area (Å²) in [7, 11) is 0. The molecule has 0 spiro atoms. The van der Waals surface area contributed by atoms with Gasteiger partial charge in [0.05, 0.1) is 0 Å². The first-order valence-corrected chi connectivity index (χ1v) is 12.0. The summed E-state index contributed by atoms with van der Waals surface area (Å²) in [6.07, 6.45) is 5.96. The number of hydrogen-bond acceptors (Lipinski definition) is 5. The van der Waals surface area contributed by atoms with Crippen molar-refractivity contribution in [3.8, 4) is 22.9 Å². The Balaban J connectivity index is 1.30. The topological polar surface area (TPSA) is 145 Å². The van der Waals surface area contributed by atoms with Gasteiger partial charge in [0.1, 0.15) is 0 Å². The van der Waals surface area contributed by atoms with Gasteiger partial charge in [-0.3, -0.25) is 10.8 Å². The molecular weight excluding hydrogens is 452 g/mol. The first-order chi connectivity index (χ1) is 17.4. The standard InChI is InChI=1S/C27H30N8O/c1-17-16-22(20-10-14-35(15-11-20)27(30)31)6-7-23(17)25-33-32-24(36-25)21-4-2-18(3-5-21)19-8-12-34(13-9-19)26(28)29/h2-8,10,16H,9,11-15H2,1H3,(H3,28,29)(H3,30,31). The van der Waals surface area contributed by atoms with E-state index in [0.717, 1.165) is 48.2 Å². The molecule has 5 rings (SSSR count). The van der Waals surface area contributed by atoms with Crippen molar-refractivity contribution in [2.24, 2.45) is 11.5 Å². The number of aryl methyl sites for hydroxylation is 1. The highest BCUT2D eigenvalue weighted by Crippen LogP contribution is 2.31. The Morgan fingerprint density at radius 2 is 1.31 bits per heavy atom. The summed E-state index contributed by atoms with van der Waals surface area (Å²) in [5.74, 6) is 1.22. The molecule has 9 heteroatoms. The molecule has 2 aliphatic rings. The molecule has 3 heterocycles. The van der Waals surface area contributed by atoms with E-state index in [-0.39, 0.29) is 11.9 Å². The smallest absolute Gasteiger partial charge is 0.248 e. The number of nitrogens with two attached hydrogens (primary N) is 2. The maximum atomic E-state index is 7.59. The van der Waals surface area contributed by atoms with Gasteiger partial charge in [-0.25, -0.2) is 0 Å². The van der Waals surface area contributed by atoms with E-state index < -0.39 is 0 Å². The van der Waals surface area contributed by atoms with Crippen molar-refractivity contribution in [3.63, 3.8) is 0 Å². The summed E-state index contributed by atoms with van der Waals surface area (Å²) in [4.78, 5) is 3.70. The van der Waals surface area contributed by atoms with Gasteiger partial charge in [-0.2, -0.15) is 0 Å². The summed E-state index contributed by atoms with van der Waals surface area (Å²) in [5, 5.41) is 23.8. The zero-order valence-electron chi connectivity index (χ0n) is 20.3. The van der Waals surface area contributed by atoms with Crippen LogP contribution in [0.4, 0.5) is 0 Å². The van der Waals surface area contributed by atoms with E-state index in [0.29, 0.717) is 24.9 Å². The lowest BCUT2D eigenvalue weighted by Gasteiger charge is -2.26. The third-order valence-electron chi connectivity index (χ3n) is 6.85. The van der Waals surface area contributed by atoms with Crippen LogP contribution in [0.15, 0.2) is 59.0 Å². The molecule has 9 nitrogen and oxygen atoms in total. The minimum absolute atomic E-state index is 0.116. The summed E-state index contributed by atoms with van der Waals surface area (Å²) in [5.41, 5.74) is 18.9. The molecular formula is C27H30N8O. The highest BCUT2D eigenvalue weighted by Gasteiger charge is 2.18. The van der Waals surface area contributed by atoms with E-state index in [9.17, 15) is 0 Å². The number of guanidine groups is 2. The van der Waals surface area contributed by atoms with Gasteiger partial charge in [0.2, 0.25) is 11.8 Å². The second-order valence-corrected chi connectivity index (χ2v) is 9.14. The zero-order chi connectivity index (χ0) is 25.2. The van der Waals surface area contributed by atoms with E-state index in [4.69, 9.17) is 26.7 Å². The molecule has 3 aromatic rings. The van der Waals surface area contributed by atoms with Gasteiger partial charge in [-0.15, -0.1) is 10.2 Å². The summed E-state index contributed by atoms with van der Waals surface area (Å²) >= 11 is 0. The molecule has 0 fully saturated rings. The minimum atomic E-state index is 0.116. The second-order valence-electron chi connectivity index (χ2n) is 9.14. The Kier molecular flexibility index (Phi) is 6.28. The Hall–Kier alpha value is -4.40. The molecule has 0 amide bonds. The van der Waals surface area contributed by atoms with Gasteiger partial charge in [0.25, 0.3) is 0 Å². The van der Waals surface area contributed by atoms with Crippen molar-refractivity contribution in [2.45, 2.75) is 19.8 Å². The van der Waals surface area contributed by atoms with Gasteiger partial charge < -0.3 is 25.7 Å². The zero-order valence-corrected chi connectivity index (χ0v) is 20.3. The Labute approximate surface area is 210 Å².